The molecule has 0 aliphatic heterocycles. The second-order valence-electron chi connectivity index (χ2n) is 3.59. The highest BCUT2D eigenvalue weighted by atomic mass is 16.3. The third kappa shape index (κ3) is 1.59. The smallest absolute Gasteiger partial charge is 0.139 e. The maximum absolute atomic E-state index is 9.78. The lowest BCUT2D eigenvalue weighted by Gasteiger charge is -2.01. The molecule has 15 heavy (non-hydrogen) atoms. The molecular formula is C12H15NO2. The van der Waals surface area contributed by atoms with Crippen molar-refractivity contribution >= 4 is 10.9 Å². The van der Waals surface area contributed by atoms with E-state index in [1.165, 1.54) is 0 Å². The minimum absolute atomic E-state index is 0.137. The van der Waals surface area contributed by atoms with Gasteiger partial charge in [-0.1, -0.05) is 12.1 Å². The van der Waals surface area contributed by atoms with Crippen molar-refractivity contribution in [3.8, 4) is 5.75 Å². The number of aliphatic hydroxyl groups excluding tert-OH is 1. The molecule has 0 aliphatic rings. The molecule has 0 atom stereocenters. The van der Waals surface area contributed by atoms with Gasteiger partial charge in [0.15, 0.2) is 0 Å². The van der Waals surface area contributed by atoms with Crippen LogP contribution in [0.15, 0.2) is 24.4 Å². The summed E-state index contributed by atoms with van der Waals surface area (Å²) in [7, 11) is 0. The molecular weight excluding hydrogens is 190 g/mol. The topological polar surface area (TPSA) is 45.4 Å². The van der Waals surface area contributed by atoms with Crippen molar-refractivity contribution in [1.82, 2.24) is 4.57 Å². The molecule has 0 unspecified atom stereocenters. The molecule has 3 heteroatoms. The second kappa shape index (κ2) is 3.95. The molecule has 0 saturated carbocycles. The molecule has 0 amide bonds. The Balaban J connectivity index is 2.69. The van der Waals surface area contributed by atoms with Crippen molar-refractivity contribution in [2.75, 3.05) is 6.61 Å². The molecule has 0 fully saturated rings. The van der Waals surface area contributed by atoms with E-state index in [1.807, 2.05) is 29.8 Å². The van der Waals surface area contributed by atoms with E-state index in [1.54, 1.807) is 6.07 Å². The van der Waals surface area contributed by atoms with Gasteiger partial charge in [-0.25, -0.2) is 0 Å². The summed E-state index contributed by atoms with van der Waals surface area (Å²) in [5.41, 5.74) is 1.95. The first-order valence-electron chi connectivity index (χ1n) is 5.18. The van der Waals surface area contributed by atoms with E-state index in [-0.39, 0.29) is 6.61 Å². The Morgan fingerprint density at radius 2 is 2.13 bits per heavy atom. The van der Waals surface area contributed by atoms with Crippen LogP contribution < -0.4 is 0 Å². The number of aromatic nitrogens is 1. The van der Waals surface area contributed by atoms with Gasteiger partial charge < -0.3 is 14.8 Å². The summed E-state index contributed by atoms with van der Waals surface area (Å²) in [4.78, 5) is 0. The molecule has 0 saturated heterocycles. The highest BCUT2D eigenvalue weighted by Crippen LogP contribution is 2.29. The fourth-order valence-corrected chi connectivity index (χ4v) is 1.98. The van der Waals surface area contributed by atoms with E-state index in [9.17, 15) is 5.11 Å². The first-order chi connectivity index (χ1) is 7.27. The number of fused-ring (bicyclic) bond motifs is 1. The number of para-hydroxylation sites is 1. The first kappa shape index (κ1) is 10.1. The van der Waals surface area contributed by atoms with Gasteiger partial charge in [0.1, 0.15) is 5.75 Å². The minimum atomic E-state index is 0.137. The summed E-state index contributed by atoms with van der Waals surface area (Å²) in [6.07, 6.45) is 2.63. The van der Waals surface area contributed by atoms with Gasteiger partial charge in [-0.3, -0.25) is 0 Å². The van der Waals surface area contributed by atoms with Crippen LogP contribution in [0.3, 0.4) is 0 Å². The minimum Gasteiger partial charge on any atom is -0.506 e. The van der Waals surface area contributed by atoms with Gasteiger partial charge >= 0.3 is 0 Å². The molecule has 2 rings (SSSR count). The van der Waals surface area contributed by atoms with Gasteiger partial charge in [0.2, 0.25) is 0 Å². The highest BCUT2D eigenvalue weighted by Gasteiger charge is 2.09. The third-order valence-corrected chi connectivity index (χ3v) is 2.68. The number of nitrogens with zero attached hydrogens (tertiary/aromatic N) is 1. The summed E-state index contributed by atoms with van der Waals surface area (Å²) in [5.74, 6) is 0.304. The number of phenols is 1. The predicted molar refractivity (Wildman–Crippen MR) is 60.1 cm³/mol. The lowest BCUT2D eigenvalue weighted by molar-refractivity contribution is 0.300. The van der Waals surface area contributed by atoms with Gasteiger partial charge in [0.05, 0.1) is 5.52 Å². The maximum atomic E-state index is 9.78. The molecule has 3 nitrogen and oxygen atoms in total. The van der Waals surface area contributed by atoms with E-state index in [0.717, 1.165) is 23.0 Å². The van der Waals surface area contributed by atoms with Gasteiger partial charge in [0.25, 0.3) is 0 Å². The summed E-state index contributed by atoms with van der Waals surface area (Å²) < 4.78 is 2.01. The SMILES string of the molecule is CCn1cc(CCO)c2cccc(O)c21. The van der Waals surface area contributed by atoms with Crippen LogP contribution in [0.5, 0.6) is 5.75 Å². The quantitative estimate of drug-likeness (QED) is 0.803. The Labute approximate surface area is 88.6 Å². The van der Waals surface area contributed by atoms with E-state index < -0.39 is 0 Å². The molecule has 0 bridgehead atoms. The van der Waals surface area contributed by atoms with E-state index >= 15 is 0 Å². The number of benzene rings is 1. The number of hydrogen-bond donors (Lipinski definition) is 2. The van der Waals surface area contributed by atoms with Gasteiger partial charge in [-0.2, -0.15) is 0 Å². The molecule has 0 spiro atoms. The molecule has 2 aromatic rings. The Morgan fingerprint density at radius 3 is 2.80 bits per heavy atom. The molecule has 1 aromatic heterocycles. The van der Waals surface area contributed by atoms with Crippen LogP contribution in [0.1, 0.15) is 12.5 Å². The third-order valence-electron chi connectivity index (χ3n) is 2.68. The van der Waals surface area contributed by atoms with Crippen molar-refractivity contribution in [3.05, 3.63) is 30.0 Å². The summed E-state index contributed by atoms with van der Waals surface area (Å²) in [5, 5.41) is 19.8. The van der Waals surface area contributed by atoms with E-state index in [4.69, 9.17) is 5.11 Å². The average Bonchev–Trinajstić information content (AvgIpc) is 2.59. The van der Waals surface area contributed by atoms with Crippen molar-refractivity contribution in [3.63, 3.8) is 0 Å². The van der Waals surface area contributed by atoms with Crippen LogP contribution in [-0.4, -0.2) is 21.4 Å². The number of aromatic hydroxyl groups is 1. The Bertz CT molecular complexity index is 474. The molecule has 2 N–H and O–H groups in total. The Kier molecular flexibility index (Phi) is 2.64. The van der Waals surface area contributed by atoms with Crippen LogP contribution in [0.25, 0.3) is 10.9 Å². The molecule has 0 radical (unpaired) electrons. The number of aliphatic hydroxyl groups is 1. The van der Waals surface area contributed by atoms with Crippen LogP contribution in [0.4, 0.5) is 0 Å². The molecule has 0 aliphatic carbocycles. The van der Waals surface area contributed by atoms with Crippen LogP contribution in [0.2, 0.25) is 0 Å². The van der Waals surface area contributed by atoms with Gasteiger partial charge in [-0.05, 0) is 25.0 Å². The van der Waals surface area contributed by atoms with Crippen LogP contribution >= 0.6 is 0 Å². The second-order valence-corrected chi connectivity index (χ2v) is 3.59. The zero-order chi connectivity index (χ0) is 10.8. The largest absolute Gasteiger partial charge is 0.506 e. The summed E-state index contributed by atoms with van der Waals surface area (Å²) in [6, 6.07) is 5.50. The van der Waals surface area contributed by atoms with Crippen molar-refractivity contribution in [2.45, 2.75) is 19.9 Å². The van der Waals surface area contributed by atoms with Crippen LogP contribution in [-0.2, 0) is 13.0 Å². The highest BCUT2D eigenvalue weighted by molar-refractivity contribution is 5.88. The maximum Gasteiger partial charge on any atom is 0.139 e. The number of rotatable bonds is 3. The first-order valence-corrected chi connectivity index (χ1v) is 5.18. The number of aryl methyl sites for hydroxylation is 1. The van der Waals surface area contributed by atoms with Crippen molar-refractivity contribution < 1.29 is 10.2 Å². The van der Waals surface area contributed by atoms with Crippen LogP contribution in [0, 0.1) is 0 Å². The zero-order valence-corrected chi connectivity index (χ0v) is 8.77. The van der Waals surface area contributed by atoms with Crippen molar-refractivity contribution in [1.29, 1.82) is 0 Å². The number of hydrogen-bond acceptors (Lipinski definition) is 2. The normalized spacial score (nSPS) is 11.1. The fraction of sp³-hybridized carbons (Fsp3) is 0.333. The fourth-order valence-electron chi connectivity index (χ4n) is 1.98. The molecule has 1 aromatic carbocycles. The van der Waals surface area contributed by atoms with Crippen molar-refractivity contribution in [2.24, 2.45) is 0 Å². The zero-order valence-electron chi connectivity index (χ0n) is 8.77. The standard InChI is InChI=1S/C12H15NO2/c1-2-13-8-9(6-7-14)10-4-3-5-11(15)12(10)13/h3-5,8,14-15H,2,6-7H2,1H3. The monoisotopic (exact) mass is 205 g/mol. The van der Waals surface area contributed by atoms with E-state index in [2.05, 4.69) is 0 Å². The predicted octanol–water partition coefficient (Wildman–Crippen LogP) is 1.90. The number of phenolic OH excluding ortho intramolecular Hbond substituents is 1. The van der Waals surface area contributed by atoms with Gasteiger partial charge in [0, 0.05) is 24.7 Å². The molecule has 80 valence electrons. The lowest BCUT2D eigenvalue weighted by Crippen LogP contribution is -1.91. The summed E-state index contributed by atoms with van der Waals surface area (Å²) >= 11 is 0. The van der Waals surface area contributed by atoms with Gasteiger partial charge in [-0.15, -0.1) is 0 Å². The average molecular weight is 205 g/mol. The molecule has 1 heterocycles. The summed E-state index contributed by atoms with van der Waals surface area (Å²) in [6.45, 7) is 2.99. The Morgan fingerprint density at radius 1 is 1.33 bits per heavy atom. The van der Waals surface area contributed by atoms with E-state index in [0.29, 0.717) is 12.2 Å². The lowest BCUT2D eigenvalue weighted by atomic mass is 10.1. The Hall–Kier alpha value is -1.48.